The maximum atomic E-state index is 13.8. The number of carbonyl (C=O) groups is 3. The number of aromatic nitrogens is 1. The predicted molar refractivity (Wildman–Crippen MR) is 236 cm³/mol. The van der Waals surface area contributed by atoms with E-state index in [0.717, 1.165) is 106 Å². The molecule has 4 saturated heterocycles. The van der Waals surface area contributed by atoms with Gasteiger partial charge >= 0.3 is 6.03 Å². The van der Waals surface area contributed by atoms with Gasteiger partial charge in [-0.15, -0.1) is 0 Å². The minimum atomic E-state index is -0.353. The number of carbonyl (C=O) groups excluding carboxylic acids is 3. The Balaban J connectivity index is 0.823. The lowest BCUT2D eigenvalue weighted by Gasteiger charge is -2.38. The third-order valence-corrected chi connectivity index (χ3v) is 13.3. The maximum Gasteiger partial charge on any atom is 0.328 e. The number of hydrogen-bond donors (Lipinski definition) is 5. The number of likely N-dealkylation sites (tertiary alicyclic amines) is 3. The molecule has 4 amide bonds. The smallest absolute Gasteiger partial charge is 0.328 e. The normalized spacial score (nSPS) is 20.1. The molecule has 0 bridgehead atoms. The van der Waals surface area contributed by atoms with E-state index in [1.165, 1.54) is 11.1 Å². The number of aromatic hydroxyl groups is 1. The molecule has 8 rings (SSSR count). The van der Waals surface area contributed by atoms with E-state index in [4.69, 9.17) is 17.2 Å². The molecular weight excluding hydrogens is 755 g/mol. The summed E-state index contributed by atoms with van der Waals surface area (Å²) in [7, 11) is 0. The molecule has 4 fully saturated rings. The Morgan fingerprint density at radius 2 is 1.62 bits per heavy atom. The number of piperidine rings is 3. The number of nitrogens with zero attached hydrogens (tertiary/aromatic N) is 5. The topological polar surface area (TPSA) is 179 Å². The van der Waals surface area contributed by atoms with Crippen LogP contribution in [0.15, 0.2) is 84.5 Å². The lowest BCUT2D eigenvalue weighted by molar-refractivity contribution is -0.120. The van der Waals surface area contributed by atoms with Crippen LogP contribution in [0.2, 0.25) is 0 Å². The van der Waals surface area contributed by atoms with E-state index in [9.17, 15) is 19.5 Å². The van der Waals surface area contributed by atoms with Crippen molar-refractivity contribution in [3.63, 3.8) is 0 Å². The number of aryl methyl sites for hydroxylation is 2. The van der Waals surface area contributed by atoms with Gasteiger partial charge in [-0.3, -0.25) is 19.8 Å². The van der Waals surface area contributed by atoms with E-state index in [1.54, 1.807) is 29.2 Å². The highest BCUT2D eigenvalue weighted by molar-refractivity contribution is 6.06. The molecule has 8 N–H and O–H groups in total. The van der Waals surface area contributed by atoms with Crippen LogP contribution in [0.3, 0.4) is 0 Å². The third-order valence-electron chi connectivity index (χ3n) is 13.3. The fourth-order valence-corrected chi connectivity index (χ4v) is 9.96. The Bertz CT molecular complexity index is 2330. The van der Waals surface area contributed by atoms with Crippen LogP contribution in [0.1, 0.15) is 89.5 Å². The fraction of sp³-hybridized carbons (Fsp3) is 0.426. The standard InChI is InChI=1S/C47H59N9O4/c1-30-24-34(9-10-37(30)35-6-5-17-54(29-35)42(45(49)50)27-39(48)38-7-3-4-8-43(38)57)46(59)53-20-11-32(12-21-53)28-52-18-14-36(15-19-52)55-22-13-33-26-40(31(2)25-41(33)55)56-23-16-44(58)51-47(56)60/h3-4,7-10,13,22,24-27,32,35-36,57H,5-6,11-12,14-21,23,28-29,48-50H2,1-2H3,(H,51,58,60)/b39-27-. The molecule has 4 aliphatic heterocycles. The number of amides is 4. The number of fused-ring (bicyclic) bond motifs is 1. The second-order valence-corrected chi connectivity index (χ2v) is 17.3. The molecule has 3 aromatic carbocycles. The summed E-state index contributed by atoms with van der Waals surface area (Å²) in [5, 5.41) is 13.9. The van der Waals surface area contributed by atoms with Crippen molar-refractivity contribution in [2.45, 2.75) is 70.8 Å². The number of rotatable bonds is 9. The first kappa shape index (κ1) is 40.8. The molecule has 0 aliphatic carbocycles. The van der Waals surface area contributed by atoms with Crippen LogP contribution in [-0.2, 0) is 4.79 Å². The van der Waals surface area contributed by atoms with Gasteiger partial charge in [-0.25, -0.2) is 4.79 Å². The Labute approximate surface area is 352 Å². The molecule has 5 heterocycles. The number of nitrogens with two attached hydrogens (primary N) is 3. The van der Waals surface area contributed by atoms with E-state index in [0.29, 0.717) is 48.4 Å². The van der Waals surface area contributed by atoms with Crippen molar-refractivity contribution < 1.29 is 19.5 Å². The molecule has 13 heteroatoms. The highest BCUT2D eigenvalue weighted by Gasteiger charge is 2.30. The molecule has 4 aromatic rings. The number of anilines is 1. The van der Waals surface area contributed by atoms with Crippen LogP contribution >= 0.6 is 0 Å². The Morgan fingerprint density at radius 1 is 0.850 bits per heavy atom. The van der Waals surface area contributed by atoms with Crippen molar-refractivity contribution >= 4 is 40.1 Å². The molecule has 0 radical (unpaired) electrons. The average Bonchev–Trinajstić information content (AvgIpc) is 3.65. The van der Waals surface area contributed by atoms with E-state index < -0.39 is 0 Å². The molecule has 1 unspecified atom stereocenters. The summed E-state index contributed by atoms with van der Waals surface area (Å²) in [5.74, 6) is 0.978. The van der Waals surface area contributed by atoms with Crippen LogP contribution in [-0.4, -0.2) is 94.6 Å². The largest absolute Gasteiger partial charge is 0.507 e. The van der Waals surface area contributed by atoms with Crippen LogP contribution < -0.4 is 27.4 Å². The first-order chi connectivity index (χ1) is 28.9. The summed E-state index contributed by atoms with van der Waals surface area (Å²) in [6, 6.07) is 19.6. The minimum Gasteiger partial charge on any atom is -0.507 e. The molecular formula is C47H59N9O4. The van der Waals surface area contributed by atoms with Crippen molar-refractivity contribution in [1.29, 1.82) is 0 Å². The summed E-state index contributed by atoms with van der Waals surface area (Å²) in [6.45, 7) is 10.8. The van der Waals surface area contributed by atoms with Gasteiger partial charge in [0, 0.05) is 110 Å². The second kappa shape index (κ2) is 17.3. The van der Waals surface area contributed by atoms with E-state index in [-0.39, 0.29) is 35.3 Å². The Kier molecular flexibility index (Phi) is 11.8. The van der Waals surface area contributed by atoms with E-state index in [2.05, 4.69) is 63.1 Å². The van der Waals surface area contributed by atoms with Gasteiger partial charge in [0.1, 0.15) is 11.6 Å². The van der Waals surface area contributed by atoms with Gasteiger partial charge in [0.05, 0.1) is 5.70 Å². The van der Waals surface area contributed by atoms with Crippen LogP contribution in [0.4, 0.5) is 10.5 Å². The summed E-state index contributed by atoms with van der Waals surface area (Å²) in [4.78, 5) is 46.5. The second-order valence-electron chi connectivity index (χ2n) is 17.3. The first-order valence-corrected chi connectivity index (χ1v) is 21.5. The van der Waals surface area contributed by atoms with Crippen LogP contribution in [0.5, 0.6) is 5.75 Å². The zero-order valence-electron chi connectivity index (χ0n) is 34.9. The van der Waals surface area contributed by atoms with Crippen LogP contribution in [0, 0.1) is 19.8 Å². The summed E-state index contributed by atoms with van der Waals surface area (Å²) in [6.07, 6.45) is 10.4. The van der Waals surface area contributed by atoms with Crippen molar-refractivity contribution in [3.8, 4) is 5.75 Å². The Hall–Kier alpha value is -5.95. The minimum absolute atomic E-state index is 0.101. The van der Waals surface area contributed by atoms with Crippen molar-refractivity contribution in [2.24, 2.45) is 23.1 Å². The quantitative estimate of drug-likeness (QED) is 0.129. The Morgan fingerprint density at radius 3 is 2.33 bits per heavy atom. The predicted octanol–water partition coefficient (Wildman–Crippen LogP) is 5.87. The third kappa shape index (κ3) is 8.54. The van der Waals surface area contributed by atoms with Gasteiger partial charge in [-0.2, -0.15) is 0 Å². The zero-order chi connectivity index (χ0) is 42.1. The van der Waals surface area contributed by atoms with Crippen molar-refractivity contribution in [1.82, 2.24) is 24.6 Å². The fourth-order valence-electron chi connectivity index (χ4n) is 9.96. The molecule has 0 spiro atoms. The van der Waals surface area contributed by atoms with Crippen molar-refractivity contribution in [2.75, 3.05) is 57.3 Å². The molecule has 13 nitrogen and oxygen atoms in total. The van der Waals surface area contributed by atoms with Gasteiger partial charge in [-0.05, 0) is 124 Å². The molecule has 1 atom stereocenters. The zero-order valence-corrected chi connectivity index (χ0v) is 34.9. The number of urea groups is 1. The lowest BCUT2D eigenvalue weighted by Crippen LogP contribution is -2.49. The highest BCUT2D eigenvalue weighted by Crippen LogP contribution is 2.35. The number of phenols is 1. The number of nitrogens with one attached hydrogen (secondary N) is 1. The molecule has 4 aliphatic rings. The number of benzene rings is 3. The molecule has 0 saturated carbocycles. The SMILES string of the molecule is Cc1cc(C(=O)N2CCC(CN3CCC(n4ccc5cc(N6CCC(=O)NC6=O)c(C)cc54)CC3)CC2)ccc1C1CCCN(C(/C=C(\N)c2ccccc2O)=C(N)N)C1. The monoisotopic (exact) mass is 813 g/mol. The van der Waals surface area contributed by atoms with E-state index in [1.807, 2.05) is 24.0 Å². The number of hydrogen-bond acceptors (Lipinski definition) is 9. The number of imide groups is 1. The average molecular weight is 814 g/mol. The number of para-hydroxylation sites is 1. The van der Waals surface area contributed by atoms with Crippen LogP contribution in [0.25, 0.3) is 16.6 Å². The van der Waals surface area contributed by atoms with Gasteiger partial charge in [0.2, 0.25) is 5.91 Å². The highest BCUT2D eigenvalue weighted by atomic mass is 16.3. The summed E-state index contributed by atoms with van der Waals surface area (Å²) >= 11 is 0. The van der Waals surface area contributed by atoms with Crippen molar-refractivity contribution in [3.05, 3.63) is 112 Å². The summed E-state index contributed by atoms with van der Waals surface area (Å²) in [5.41, 5.74) is 26.5. The lowest BCUT2D eigenvalue weighted by atomic mass is 9.86. The number of phenolic OH excluding ortho intramolecular Hbond substituents is 1. The van der Waals surface area contributed by atoms with E-state index >= 15 is 0 Å². The van der Waals surface area contributed by atoms with Gasteiger partial charge in [0.25, 0.3) is 5.91 Å². The first-order valence-electron chi connectivity index (χ1n) is 21.5. The molecule has 316 valence electrons. The summed E-state index contributed by atoms with van der Waals surface area (Å²) < 4.78 is 2.41. The molecule has 1 aromatic heterocycles. The maximum absolute atomic E-state index is 13.8. The van der Waals surface area contributed by atoms with Gasteiger partial charge in [0.15, 0.2) is 0 Å². The van der Waals surface area contributed by atoms with Gasteiger partial charge in [-0.1, -0.05) is 18.2 Å². The van der Waals surface area contributed by atoms with Gasteiger partial charge < -0.3 is 41.6 Å². The molecule has 60 heavy (non-hydrogen) atoms. The number of allylic oxidation sites excluding steroid dienone is 1.